The van der Waals surface area contributed by atoms with Crippen molar-refractivity contribution in [1.29, 1.82) is 0 Å². The zero-order chi connectivity index (χ0) is 14.4. The third kappa shape index (κ3) is 5.95. The summed E-state index contributed by atoms with van der Waals surface area (Å²) < 4.78 is 6.06. The van der Waals surface area contributed by atoms with E-state index in [2.05, 4.69) is 25.7 Å². The van der Waals surface area contributed by atoms with Crippen LogP contribution in [0.2, 0.25) is 0 Å². The molecule has 1 atom stereocenters. The number of ether oxygens (including phenoxy) is 1. The average Bonchev–Trinajstić information content (AvgIpc) is 2.27. The first-order chi connectivity index (χ1) is 8.87. The van der Waals surface area contributed by atoms with Crippen molar-refractivity contribution < 1.29 is 9.57 Å². The van der Waals surface area contributed by atoms with Crippen molar-refractivity contribution in [2.75, 3.05) is 6.61 Å². The number of nitrogens with two attached hydrogens (primary N) is 1. The van der Waals surface area contributed by atoms with Gasteiger partial charge in [0.15, 0.2) is 0 Å². The van der Waals surface area contributed by atoms with Crippen molar-refractivity contribution in [3.05, 3.63) is 0 Å². The van der Waals surface area contributed by atoms with Crippen LogP contribution in [0.15, 0.2) is 0 Å². The molecule has 3 heteroatoms. The molecule has 0 aromatic heterocycles. The fourth-order valence-electron chi connectivity index (χ4n) is 2.25. The molecule has 0 aromatic rings. The van der Waals surface area contributed by atoms with Crippen LogP contribution >= 0.6 is 0 Å². The van der Waals surface area contributed by atoms with Crippen molar-refractivity contribution in [3.63, 3.8) is 0 Å². The molecule has 19 heavy (non-hydrogen) atoms. The lowest BCUT2D eigenvalue weighted by Gasteiger charge is -2.33. The van der Waals surface area contributed by atoms with E-state index < -0.39 is 0 Å². The van der Waals surface area contributed by atoms with Gasteiger partial charge >= 0.3 is 0 Å². The molecule has 0 fully saturated rings. The van der Waals surface area contributed by atoms with Crippen LogP contribution in [-0.4, -0.2) is 17.8 Å². The van der Waals surface area contributed by atoms with E-state index in [1.54, 1.807) is 0 Å². The van der Waals surface area contributed by atoms with Crippen LogP contribution in [0, 0.1) is 17.8 Å². The highest BCUT2D eigenvalue weighted by Gasteiger charge is 2.30. The van der Waals surface area contributed by atoms with Gasteiger partial charge in [0.2, 0.25) is 0 Å². The summed E-state index contributed by atoms with van der Waals surface area (Å²) in [7, 11) is 0. The van der Waals surface area contributed by atoms with Crippen molar-refractivity contribution >= 4 is 0 Å². The highest BCUT2D eigenvalue weighted by atomic mass is 16.6. The molecule has 110 valence electrons. The minimum absolute atomic E-state index is 0.199. The largest absolute Gasteiger partial charge is 0.374 e. The minimum Gasteiger partial charge on any atom is -0.374 e. The minimum atomic E-state index is -0.331. The first-order valence-electron chi connectivity index (χ1n) is 7.38. The van der Waals surface area contributed by atoms with E-state index in [9.17, 15) is 0 Å². The third-order valence-electron chi connectivity index (χ3n) is 3.91. The van der Waals surface area contributed by atoms with Gasteiger partial charge in [0.1, 0.15) is 0 Å². The summed E-state index contributed by atoms with van der Waals surface area (Å²) in [4.78, 5) is 4.93. The molecule has 1 aliphatic rings. The Balaban J connectivity index is 2.49. The van der Waals surface area contributed by atoms with E-state index >= 15 is 0 Å². The fraction of sp³-hybridized carbons (Fsp3) is 0.875. The maximum absolute atomic E-state index is 6.06. The van der Waals surface area contributed by atoms with Crippen molar-refractivity contribution in [2.45, 2.75) is 77.4 Å². The normalized spacial score (nSPS) is 21.2. The first-order valence-corrected chi connectivity index (χ1v) is 7.38. The molecule has 1 aliphatic carbocycles. The number of hydrogen-bond donors (Lipinski definition) is 1. The molecule has 1 unspecified atom stereocenters. The highest BCUT2D eigenvalue weighted by molar-refractivity contribution is 5.09. The van der Waals surface area contributed by atoms with Gasteiger partial charge in [0.25, 0.3) is 0 Å². The molecular weight excluding hydrogens is 238 g/mol. The molecule has 2 N–H and O–H groups in total. The van der Waals surface area contributed by atoms with Crippen LogP contribution in [0.5, 0.6) is 0 Å². The average molecular weight is 267 g/mol. The maximum Gasteiger partial charge on any atom is 0.0859 e. The Hall–Kier alpha value is -0.560. The molecule has 0 saturated carbocycles. The van der Waals surface area contributed by atoms with E-state index in [4.69, 9.17) is 15.5 Å². The SMILES string of the molecule is CC(C)(CCOC(C)(C)C1C#CCCCCC1)ON. The predicted molar refractivity (Wildman–Crippen MR) is 78.4 cm³/mol. The summed E-state index contributed by atoms with van der Waals surface area (Å²) in [5, 5.41) is 0. The molecule has 0 bridgehead atoms. The van der Waals surface area contributed by atoms with Crippen molar-refractivity contribution in [2.24, 2.45) is 11.8 Å². The Morgan fingerprint density at radius 1 is 1.16 bits per heavy atom. The smallest absolute Gasteiger partial charge is 0.0859 e. The Kier molecular flexibility index (Phi) is 6.32. The van der Waals surface area contributed by atoms with Gasteiger partial charge in [-0.3, -0.25) is 4.84 Å². The molecule has 1 rings (SSSR count). The van der Waals surface area contributed by atoms with Gasteiger partial charge in [-0.25, -0.2) is 5.90 Å². The Bertz CT molecular complexity index is 325. The summed E-state index contributed by atoms with van der Waals surface area (Å²) in [6.07, 6.45) is 6.73. The summed E-state index contributed by atoms with van der Waals surface area (Å²) in [6, 6.07) is 0. The highest BCUT2D eigenvalue weighted by Crippen LogP contribution is 2.28. The van der Waals surface area contributed by atoms with Gasteiger partial charge in [0.05, 0.1) is 17.8 Å². The predicted octanol–water partition coefficient (Wildman–Crippen LogP) is 3.42. The van der Waals surface area contributed by atoms with Gasteiger partial charge in [-0.1, -0.05) is 18.8 Å². The van der Waals surface area contributed by atoms with Crippen LogP contribution in [0.1, 0.15) is 66.2 Å². The van der Waals surface area contributed by atoms with Gasteiger partial charge in [0, 0.05) is 18.8 Å². The number of rotatable bonds is 6. The second-order valence-corrected chi connectivity index (χ2v) is 6.55. The van der Waals surface area contributed by atoms with Crippen LogP contribution in [0.25, 0.3) is 0 Å². The summed E-state index contributed by atoms with van der Waals surface area (Å²) in [6.45, 7) is 8.88. The van der Waals surface area contributed by atoms with Crippen LogP contribution < -0.4 is 5.90 Å². The zero-order valence-corrected chi connectivity index (χ0v) is 12.9. The molecule has 0 spiro atoms. The molecule has 0 aliphatic heterocycles. The zero-order valence-electron chi connectivity index (χ0n) is 12.9. The molecule has 0 amide bonds. The Morgan fingerprint density at radius 2 is 1.89 bits per heavy atom. The molecular formula is C16H29NO2. The number of hydrogen-bond acceptors (Lipinski definition) is 3. The monoisotopic (exact) mass is 267 g/mol. The first kappa shape index (κ1) is 16.5. The van der Waals surface area contributed by atoms with Crippen LogP contribution in [0.3, 0.4) is 0 Å². The van der Waals surface area contributed by atoms with Crippen molar-refractivity contribution in [3.8, 4) is 11.8 Å². The van der Waals surface area contributed by atoms with E-state index in [0.717, 1.165) is 19.3 Å². The van der Waals surface area contributed by atoms with E-state index in [0.29, 0.717) is 12.5 Å². The molecule has 0 radical (unpaired) electrons. The summed E-state index contributed by atoms with van der Waals surface area (Å²) >= 11 is 0. The van der Waals surface area contributed by atoms with E-state index in [-0.39, 0.29) is 11.2 Å². The lowest BCUT2D eigenvalue weighted by molar-refractivity contribution is -0.0866. The quantitative estimate of drug-likeness (QED) is 0.592. The Morgan fingerprint density at radius 3 is 2.58 bits per heavy atom. The van der Waals surface area contributed by atoms with Crippen LogP contribution in [0.4, 0.5) is 0 Å². The molecule has 0 saturated heterocycles. The van der Waals surface area contributed by atoms with Crippen molar-refractivity contribution in [1.82, 2.24) is 0 Å². The summed E-state index contributed by atoms with van der Waals surface area (Å²) in [5.41, 5.74) is -0.530. The molecule has 0 heterocycles. The molecule has 0 aromatic carbocycles. The topological polar surface area (TPSA) is 44.5 Å². The molecule has 3 nitrogen and oxygen atoms in total. The standard InChI is InChI=1S/C16H29NO2/c1-15(2,19-17)12-13-18-16(3,4)14-10-8-6-5-7-9-11-14/h14H,5-8,10,12-13,17H2,1-4H3. The maximum atomic E-state index is 6.06. The van der Waals surface area contributed by atoms with E-state index in [1.807, 2.05) is 13.8 Å². The lowest BCUT2D eigenvalue weighted by atomic mass is 9.85. The van der Waals surface area contributed by atoms with Crippen LogP contribution in [-0.2, 0) is 9.57 Å². The lowest BCUT2D eigenvalue weighted by Crippen LogP contribution is -2.37. The Labute approximate surface area is 118 Å². The van der Waals surface area contributed by atoms with Gasteiger partial charge in [-0.05, 0) is 40.5 Å². The van der Waals surface area contributed by atoms with E-state index in [1.165, 1.54) is 19.3 Å². The van der Waals surface area contributed by atoms with Gasteiger partial charge in [-0.2, -0.15) is 0 Å². The van der Waals surface area contributed by atoms with Gasteiger partial charge in [-0.15, -0.1) is 5.92 Å². The third-order valence-corrected chi connectivity index (χ3v) is 3.91. The summed E-state index contributed by atoms with van der Waals surface area (Å²) in [5.74, 6) is 12.3. The second-order valence-electron chi connectivity index (χ2n) is 6.55. The fourth-order valence-corrected chi connectivity index (χ4v) is 2.25. The second kappa shape index (κ2) is 7.28. The van der Waals surface area contributed by atoms with Gasteiger partial charge < -0.3 is 4.74 Å².